The maximum Gasteiger partial charge on any atom is 0.160 e. The monoisotopic (exact) mass is 751 g/mol. The normalized spacial score (nSPS) is 11.7. The number of rotatable bonds is 5. The first-order valence-electron chi connectivity index (χ1n) is 19.9. The lowest BCUT2D eigenvalue weighted by Gasteiger charge is -2.14. The molecule has 59 heavy (non-hydrogen) atoms. The first kappa shape index (κ1) is 33.2. The largest absolute Gasteiger partial charge is 0.455 e. The van der Waals surface area contributed by atoms with Crippen LogP contribution in [0.15, 0.2) is 205 Å². The first-order valence-corrected chi connectivity index (χ1v) is 19.9. The Morgan fingerprint density at radius 1 is 0.322 bits per heavy atom. The number of furan rings is 1. The molecular formula is C55H33N3O. The first-order chi connectivity index (χ1) is 29.2. The summed E-state index contributed by atoms with van der Waals surface area (Å²) in [5, 5.41) is 10.5. The molecule has 0 amide bonds. The molecule has 4 heteroatoms. The Bertz CT molecular complexity index is 3500. The summed E-state index contributed by atoms with van der Waals surface area (Å²) in [6.45, 7) is 0. The van der Waals surface area contributed by atoms with Gasteiger partial charge in [-0.1, -0.05) is 176 Å². The molecule has 0 aliphatic rings. The third-order valence-electron chi connectivity index (χ3n) is 11.7. The summed E-state index contributed by atoms with van der Waals surface area (Å²) in [6, 6.07) is 70.1. The van der Waals surface area contributed by atoms with Gasteiger partial charge in [-0.2, -0.15) is 0 Å². The van der Waals surface area contributed by atoms with Gasteiger partial charge >= 0.3 is 0 Å². The van der Waals surface area contributed by atoms with Gasteiger partial charge in [0, 0.05) is 38.6 Å². The van der Waals surface area contributed by atoms with Gasteiger partial charge in [0.1, 0.15) is 11.2 Å². The van der Waals surface area contributed by atoms with Crippen LogP contribution in [0.4, 0.5) is 0 Å². The van der Waals surface area contributed by atoms with E-state index in [-0.39, 0.29) is 0 Å². The summed E-state index contributed by atoms with van der Waals surface area (Å²) >= 11 is 0. The lowest BCUT2D eigenvalue weighted by atomic mass is 9.91. The average Bonchev–Trinajstić information content (AvgIpc) is 3.72. The van der Waals surface area contributed by atoms with Gasteiger partial charge in [-0.25, -0.2) is 15.0 Å². The van der Waals surface area contributed by atoms with Crippen LogP contribution < -0.4 is 0 Å². The Balaban J connectivity index is 1.05. The minimum Gasteiger partial charge on any atom is -0.455 e. The quantitative estimate of drug-likeness (QED) is 0.164. The summed E-state index contributed by atoms with van der Waals surface area (Å²) < 4.78 is 6.74. The zero-order valence-electron chi connectivity index (χ0n) is 31.8. The van der Waals surface area contributed by atoms with Crippen LogP contribution in [0.5, 0.6) is 0 Å². The molecule has 3 heterocycles. The highest BCUT2D eigenvalue weighted by Gasteiger charge is 2.21. The maximum absolute atomic E-state index is 6.74. The molecule has 0 aliphatic carbocycles. The maximum atomic E-state index is 6.74. The molecule has 0 saturated heterocycles. The second kappa shape index (κ2) is 13.3. The highest BCUT2D eigenvalue weighted by atomic mass is 16.3. The Morgan fingerprint density at radius 3 is 1.47 bits per heavy atom. The van der Waals surface area contributed by atoms with Crippen molar-refractivity contribution in [1.29, 1.82) is 0 Å². The van der Waals surface area contributed by atoms with Crippen LogP contribution in [0.1, 0.15) is 0 Å². The van der Waals surface area contributed by atoms with E-state index in [1.807, 2.05) is 48.5 Å². The second-order valence-electron chi connectivity index (χ2n) is 15.1. The van der Waals surface area contributed by atoms with E-state index >= 15 is 0 Å². The summed E-state index contributed by atoms with van der Waals surface area (Å²) in [4.78, 5) is 15.8. The summed E-state index contributed by atoms with van der Waals surface area (Å²) in [6.07, 6.45) is 0. The molecule has 274 valence electrons. The molecule has 0 atom stereocenters. The van der Waals surface area contributed by atoms with Crippen molar-refractivity contribution in [3.05, 3.63) is 200 Å². The van der Waals surface area contributed by atoms with Crippen LogP contribution in [-0.2, 0) is 0 Å². The predicted molar refractivity (Wildman–Crippen MR) is 244 cm³/mol. The van der Waals surface area contributed by atoms with E-state index in [0.29, 0.717) is 5.82 Å². The number of hydrogen-bond donors (Lipinski definition) is 0. The van der Waals surface area contributed by atoms with E-state index < -0.39 is 0 Å². The number of fused-ring (bicyclic) bond motifs is 11. The number of pyridine rings is 1. The molecular weight excluding hydrogens is 719 g/mol. The van der Waals surface area contributed by atoms with Crippen molar-refractivity contribution >= 4 is 65.2 Å². The molecule has 12 aromatic rings. The summed E-state index contributed by atoms with van der Waals surface area (Å²) in [5.41, 5.74) is 11.4. The van der Waals surface area contributed by atoms with Crippen LogP contribution in [-0.4, -0.2) is 15.0 Å². The van der Waals surface area contributed by atoms with E-state index in [2.05, 4.69) is 152 Å². The second-order valence-corrected chi connectivity index (χ2v) is 15.1. The topological polar surface area (TPSA) is 51.8 Å². The Hall–Kier alpha value is -7.95. The van der Waals surface area contributed by atoms with Gasteiger partial charge in [-0.05, 0) is 62.1 Å². The van der Waals surface area contributed by atoms with Gasteiger partial charge < -0.3 is 4.42 Å². The predicted octanol–water partition coefficient (Wildman–Crippen LogP) is 14.7. The van der Waals surface area contributed by atoms with Gasteiger partial charge in [0.25, 0.3) is 0 Å². The molecule has 9 aromatic carbocycles. The fraction of sp³-hybridized carbons (Fsp3) is 0. The molecule has 0 saturated carbocycles. The van der Waals surface area contributed by atoms with Crippen molar-refractivity contribution < 1.29 is 4.42 Å². The van der Waals surface area contributed by atoms with Gasteiger partial charge in [-0.3, -0.25) is 0 Å². The van der Waals surface area contributed by atoms with Gasteiger partial charge in [0.05, 0.1) is 28.0 Å². The zero-order chi connectivity index (χ0) is 38.9. The third-order valence-corrected chi connectivity index (χ3v) is 11.7. The molecule has 0 bridgehead atoms. The Labute approximate surface area is 339 Å². The Morgan fingerprint density at radius 2 is 0.831 bits per heavy atom. The van der Waals surface area contributed by atoms with E-state index in [4.69, 9.17) is 19.4 Å². The molecule has 0 radical (unpaired) electrons. The minimum atomic E-state index is 0.668. The number of benzene rings is 9. The van der Waals surface area contributed by atoms with E-state index in [1.165, 1.54) is 32.3 Å². The van der Waals surface area contributed by atoms with E-state index in [0.717, 1.165) is 83.3 Å². The van der Waals surface area contributed by atoms with Gasteiger partial charge in [0.2, 0.25) is 0 Å². The summed E-state index contributed by atoms with van der Waals surface area (Å²) in [5.74, 6) is 0.668. The molecule has 0 N–H and O–H groups in total. The van der Waals surface area contributed by atoms with Crippen molar-refractivity contribution in [2.75, 3.05) is 0 Å². The minimum absolute atomic E-state index is 0.668. The number of hydrogen-bond acceptors (Lipinski definition) is 4. The molecule has 4 nitrogen and oxygen atoms in total. The number of aromatic nitrogens is 3. The van der Waals surface area contributed by atoms with Crippen molar-refractivity contribution in [3.8, 4) is 56.3 Å². The molecule has 0 spiro atoms. The third kappa shape index (κ3) is 5.42. The summed E-state index contributed by atoms with van der Waals surface area (Å²) in [7, 11) is 0. The van der Waals surface area contributed by atoms with Crippen LogP contribution in [0, 0.1) is 0 Å². The SMILES string of the molecule is c1ccc(-c2cc(-c3ccccc3)nc(-c3ccc(-c4nc5c(-c6ccc7c8ccccc8c8ccccc8c7c6)cccc5c5oc6ccccc6c45)cc3)n2)cc1. The van der Waals surface area contributed by atoms with Crippen LogP contribution >= 0.6 is 0 Å². The molecule has 0 aliphatic heterocycles. The van der Waals surface area contributed by atoms with Crippen LogP contribution in [0.2, 0.25) is 0 Å². The lowest BCUT2D eigenvalue weighted by molar-refractivity contribution is 0.672. The van der Waals surface area contributed by atoms with Crippen LogP contribution in [0.25, 0.3) is 121 Å². The molecule has 0 unspecified atom stereocenters. The molecule has 12 rings (SSSR count). The number of para-hydroxylation sites is 2. The smallest absolute Gasteiger partial charge is 0.160 e. The van der Waals surface area contributed by atoms with Crippen LogP contribution in [0.3, 0.4) is 0 Å². The van der Waals surface area contributed by atoms with Gasteiger partial charge in [0.15, 0.2) is 5.82 Å². The highest BCUT2D eigenvalue weighted by molar-refractivity contribution is 6.26. The standard InChI is InChI=1S/C55H33N3O/c1-3-14-34(15-4-1)48-33-49(35-16-5-2-6-17-35)57-55(56-48)37-28-26-36(27-29-37)52-51-45-22-11-12-25-50(45)59-54(51)46-24-13-23-39(53(46)58-52)38-30-31-44-42-20-8-7-18-40(42)41-19-9-10-21-43(41)47(44)32-38/h1-33H. The zero-order valence-corrected chi connectivity index (χ0v) is 31.8. The van der Waals surface area contributed by atoms with Gasteiger partial charge in [-0.15, -0.1) is 0 Å². The van der Waals surface area contributed by atoms with Crippen molar-refractivity contribution in [3.63, 3.8) is 0 Å². The molecule has 3 aromatic heterocycles. The fourth-order valence-corrected chi connectivity index (χ4v) is 8.87. The fourth-order valence-electron chi connectivity index (χ4n) is 8.87. The van der Waals surface area contributed by atoms with E-state index in [1.54, 1.807) is 0 Å². The van der Waals surface area contributed by atoms with Crippen molar-refractivity contribution in [2.24, 2.45) is 0 Å². The van der Waals surface area contributed by atoms with Crippen molar-refractivity contribution in [2.45, 2.75) is 0 Å². The van der Waals surface area contributed by atoms with E-state index in [9.17, 15) is 0 Å². The average molecular weight is 752 g/mol. The van der Waals surface area contributed by atoms with Crippen molar-refractivity contribution in [1.82, 2.24) is 15.0 Å². The Kier molecular flexibility index (Phi) is 7.50. The lowest BCUT2D eigenvalue weighted by Crippen LogP contribution is -1.96. The highest BCUT2D eigenvalue weighted by Crippen LogP contribution is 2.43. The number of nitrogens with zero attached hydrogens (tertiary/aromatic N) is 3. The molecule has 0 fully saturated rings.